The number of nitrogens with zero attached hydrogens (tertiary/aromatic N) is 1. The van der Waals surface area contributed by atoms with Crippen LogP contribution in [0.2, 0.25) is 0 Å². The van der Waals surface area contributed by atoms with Crippen LogP contribution in [0.4, 0.5) is 4.79 Å². The Morgan fingerprint density at radius 1 is 1.31 bits per heavy atom. The summed E-state index contributed by atoms with van der Waals surface area (Å²) in [6.45, 7) is 4.40. The molecule has 2 aromatic rings. The van der Waals surface area contributed by atoms with Gasteiger partial charge in [-0.15, -0.1) is 0 Å². The van der Waals surface area contributed by atoms with E-state index >= 15 is 0 Å². The van der Waals surface area contributed by atoms with Crippen molar-refractivity contribution in [1.29, 1.82) is 0 Å². The Bertz CT molecular complexity index is 836. The van der Waals surface area contributed by atoms with Crippen molar-refractivity contribution in [2.75, 3.05) is 18.8 Å². The van der Waals surface area contributed by atoms with Gasteiger partial charge in [-0.3, -0.25) is 0 Å². The van der Waals surface area contributed by atoms with Gasteiger partial charge in [0.1, 0.15) is 11.3 Å². The lowest BCUT2D eigenvalue weighted by Crippen LogP contribution is -2.49. The highest BCUT2D eigenvalue weighted by molar-refractivity contribution is 7.89. The predicted octanol–water partition coefficient (Wildman–Crippen LogP) is 2.61. The Kier molecular flexibility index (Phi) is 5.52. The van der Waals surface area contributed by atoms with E-state index in [1.807, 2.05) is 37.3 Å². The van der Waals surface area contributed by atoms with Crippen molar-refractivity contribution in [3.05, 3.63) is 36.1 Å². The van der Waals surface area contributed by atoms with Gasteiger partial charge >= 0.3 is 6.03 Å². The molecule has 2 heterocycles. The van der Waals surface area contributed by atoms with Crippen molar-refractivity contribution in [3.8, 4) is 0 Å². The molecule has 0 bridgehead atoms. The number of fused-ring (bicyclic) bond motifs is 1. The molecule has 3 rings (SSSR count). The summed E-state index contributed by atoms with van der Waals surface area (Å²) in [4.78, 5) is 12.2. The fraction of sp³-hybridized carbons (Fsp3) is 0.500. The number of para-hydroxylation sites is 1. The Hall–Kier alpha value is -2.06. The van der Waals surface area contributed by atoms with E-state index in [2.05, 4.69) is 10.6 Å². The molecule has 1 aliphatic heterocycles. The van der Waals surface area contributed by atoms with Crippen LogP contribution in [0.1, 0.15) is 38.5 Å². The minimum absolute atomic E-state index is 0.0267. The van der Waals surface area contributed by atoms with Gasteiger partial charge in [0, 0.05) is 24.5 Å². The maximum atomic E-state index is 12.2. The maximum Gasteiger partial charge on any atom is 0.315 e. The molecule has 26 heavy (non-hydrogen) atoms. The van der Waals surface area contributed by atoms with Crippen LogP contribution in [-0.2, 0) is 10.0 Å². The van der Waals surface area contributed by atoms with Gasteiger partial charge in [-0.05, 0) is 38.8 Å². The van der Waals surface area contributed by atoms with Gasteiger partial charge in [0.15, 0.2) is 0 Å². The Morgan fingerprint density at radius 3 is 2.65 bits per heavy atom. The zero-order chi connectivity index (χ0) is 18.7. The molecular weight excluding hydrogens is 354 g/mol. The quantitative estimate of drug-likeness (QED) is 0.835. The molecule has 142 valence electrons. The SMILES string of the molecule is CCS(=O)(=O)N1CCC(NC(=O)N[C@H](C)c2cc3ccccc3o2)CC1. The molecule has 2 amide bonds. The number of urea groups is 1. The van der Waals surface area contributed by atoms with Gasteiger partial charge in [-0.25, -0.2) is 17.5 Å². The molecule has 1 atom stereocenters. The van der Waals surface area contributed by atoms with Gasteiger partial charge in [0.05, 0.1) is 11.8 Å². The van der Waals surface area contributed by atoms with Crippen molar-refractivity contribution < 1.29 is 17.6 Å². The number of nitrogens with one attached hydrogen (secondary N) is 2. The van der Waals surface area contributed by atoms with Crippen LogP contribution in [0.3, 0.4) is 0 Å². The van der Waals surface area contributed by atoms with E-state index in [0.717, 1.165) is 11.0 Å². The predicted molar refractivity (Wildman–Crippen MR) is 100 cm³/mol. The third-order valence-electron chi connectivity index (χ3n) is 4.77. The number of furan rings is 1. The molecule has 8 heteroatoms. The van der Waals surface area contributed by atoms with Crippen LogP contribution in [-0.4, -0.2) is 43.6 Å². The van der Waals surface area contributed by atoms with E-state index in [9.17, 15) is 13.2 Å². The van der Waals surface area contributed by atoms with Gasteiger partial charge in [0.2, 0.25) is 10.0 Å². The summed E-state index contributed by atoms with van der Waals surface area (Å²) in [5.74, 6) is 0.811. The summed E-state index contributed by atoms with van der Waals surface area (Å²) in [5, 5.41) is 6.81. The number of hydrogen-bond acceptors (Lipinski definition) is 4. The van der Waals surface area contributed by atoms with Crippen LogP contribution in [0.15, 0.2) is 34.7 Å². The van der Waals surface area contributed by atoms with E-state index in [1.165, 1.54) is 4.31 Å². The molecule has 1 aliphatic rings. The summed E-state index contributed by atoms with van der Waals surface area (Å²) in [5.41, 5.74) is 0.793. The van der Waals surface area contributed by atoms with E-state index in [1.54, 1.807) is 6.92 Å². The molecule has 0 saturated carbocycles. The molecular formula is C18H25N3O4S. The summed E-state index contributed by atoms with van der Waals surface area (Å²) in [6, 6.07) is 9.08. The van der Waals surface area contributed by atoms with Crippen LogP contribution in [0.5, 0.6) is 0 Å². The second-order valence-electron chi connectivity index (χ2n) is 6.60. The third-order valence-corrected chi connectivity index (χ3v) is 6.65. The molecule has 1 saturated heterocycles. The lowest BCUT2D eigenvalue weighted by atomic mass is 10.1. The zero-order valence-electron chi connectivity index (χ0n) is 15.1. The number of hydrogen-bond donors (Lipinski definition) is 2. The second-order valence-corrected chi connectivity index (χ2v) is 8.86. The van der Waals surface area contributed by atoms with E-state index in [4.69, 9.17) is 4.42 Å². The lowest BCUT2D eigenvalue weighted by molar-refractivity contribution is 0.223. The molecule has 0 spiro atoms. The Balaban J connectivity index is 1.51. The van der Waals surface area contributed by atoms with E-state index in [0.29, 0.717) is 31.7 Å². The Morgan fingerprint density at radius 2 is 2.00 bits per heavy atom. The number of carbonyl (C=O) groups is 1. The first-order valence-electron chi connectivity index (χ1n) is 8.92. The highest BCUT2D eigenvalue weighted by atomic mass is 32.2. The number of carbonyl (C=O) groups excluding carboxylic acids is 1. The normalized spacial score (nSPS) is 17.9. The van der Waals surface area contributed by atoms with Crippen molar-refractivity contribution in [3.63, 3.8) is 0 Å². The summed E-state index contributed by atoms with van der Waals surface area (Å²) in [7, 11) is -3.15. The average molecular weight is 379 g/mol. The molecule has 0 aliphatic carbocycles. The van der Waals surface area contributed by atoms with Gasteiger partial charge in [-0.2, -0.15) is 0 Å². The lowest BCUT2D eigenvalue weighted by Gasteiger charge is -2.31. The summed E-state index contributed by atoms with van der Waals surface area (Å²) >= 11 is 0. The number of benzene rings is 1. The largest absolute Gasteiger partial charge is 0.459 e. The van der Waals surface area contributed by atoms with Crippen LogP contribution in [0, 0.1) is 0 Å². The zero-order valence-corrected chi connectivity index (χ0v) is 15.9. The fourth-order valence-corrected chi connectivity index (χ4v) is 4.30. The molecule has 1 aromatic carbocycles. The average Bonchev–Trinajstić information content (AvgIpc) is 3.06. The number of piperidine rings is 1. The minimum Gasteiger partial charge on any atom is -0.459 e. The first kappa shape index (κ1) is 18.7. The van der Waals surface area contributed by atoms with Crippen LogP contribution >= 0.6 is 0 Å². The van der Waals surface area contributed by atoms with E-state index < -0.39 is 10.0 Å². The second kappa shape index (κ2) is 7.67. The smallest absolute Gasteiger partial charge is 0.315 e. The van der Waals surface area contributed by atoms with Crippen molar-refractivity contribution in [2.45, 2.75) is 38.8 Å². The summed E-state index contributed by atoms with van der Waals surface area (Å²) in [6.07, 6.45) is 1.23. The Labute approximate surface area is 153 Å². The van der Waals surface area contributed by atoms with Crippen molar-refractivity contribution in [2.24, 2.45) is 0 Å². The highest BCUT2D eigenvalue weighted by Gasteiger charge is 2.27. The van der Waals surface area contributed by atoms with Crippen molar-refractivity contribution in [1.82, 2.24) is 14.9 Å². The standard InChI is InChI=1S/C18H25N3O4S/c1-3-26(23,24)21-10-8-15(9-11-21)20-18(22)19-13(2)17-12-14-6-4-5-7-16(14)25-17/h4-7,12-13,15H,3,8-11H2,1-2H3,(H2,19,20,22)/t13-/m1/s1. The molecule has 0 radical (unpaired) electrons. The first-order chi connectivity index (χ1) is 12.4. The van der Waals surface area contributed by atoms with Crippen LogP contribution in [0.25, 0.3) is 11.0 Å². The monoisotopic (exact) mass is 379 g/mol. The van der Waals surface area contributed by atoms with Gasteiger partial charge in [-0.1, -0.05) is 18.2 Å². The molecule has 0 unspecified atom stereocenters. The molecule has 2 N–H and O–H groups in total. The first-order valence-corrected chi connectivity index (χ1v) is 10.5. The van der Waals surface area contributed by atoms with Crippen molar-refractivity contribution >= 4 is 27.0 Å². The van der Waals surface area contributed by atoms with Crippen LogP contribution < -0.4 is 10.6 Å². The number of sulfonamides is 1. The third kappa shape index (κ3) is 4.19. The topological polar surface area (TPSA) is 91.7 Å². The van der Waals surface area contributed by atoms with Gasteiger partial charge < -0.3 is 15.1 Å². The molecule has 7 nitrogen and oxygen atoms in total. The maximum absolute atomic E-state index is 12.2. The fourth-order valence-electron chi connectivity index (χ4n) is 3.17. The summed E-state index contributed by atoms with van der Waals surface area (Å²) < 4.78 is 31.0. The number of rotatable bonds is 5. The number of amides is 2. The van der Waals surface area contributed by atoms with Gasteiger partial charge in [0.25, 0.3) is 0 Å². The van der Waals surface area contributed by atoms with E-state index in [-0.39, 0.29) is 23.9 Å². The highest BCUT2D eigenvalue weighted by Crippen LogP contribution is 2.23. The molecule has 1 fully saturated rings. The minimum atomic E-state index is -3.15. The molecule has 1 aromatic heterocycles.